The van der Waals surface area contributed by atoms with Gasteiger partial charge in [-0.1, -0.05) is 6.07 Å². The Balaban J connectivity index is 1.47. The number of thiophene rings is 1. The maximum Gasteiger partial charge on any atom is 0.246 e. The summed E-state index contributed by atoms with van der Waals surface area (Å²) in [6, 6.07) is 3.95. The molecule has 0 saturated carbocycles. The van der Waals surface area contributed by atoms with E-state index in [9.17, 15) is 9.59 Å². The summed E-state index contributed by atoms with van der Waals surface area (Å²) >= 11 is 1.61. The molecular weight excluding hydrogens is 312 g/mol. The maximum absolute atomic E-state index is 12.5. The van der Waals surface area contributed by atoms with Crippen LogP contribution in [-0.2, 0) is 14.3 Å². The number of carbonyl (C=O) groups excluding carboxylic acids is 2. The Bertz CT molecular complexity index is 556. The Morgan fingerprint density at radius 1 is 1.13 bits per heavy atom. The third-order valence-corrected chi connectivity index (χ3v) is 5.24. The van der Waals surface area contributed by atoms with Crippen molar-refractivity contribution in [2.24, 2.45) is 5.92 Å². The highest BCUT2D eigenvalue weighted by atomic mass is 32.1. The van der Waals surface area contributed by atoms with E-state index in [0.717, 1.165) is 17.7 Å². The van der Waals surface area contributed by atoms with Gasteiger partial charge in [-0.3, -0.25) is 9.59 Å². The van der Waals surface area contributed by atoms with Gasteiger partial charge in [0.1, 0.15) is 0 Å². The Morgan fingerprint density at radius 3 is 2.48 bits per heavy atom. The van der Waals surface area contributed by atoms with Crippen molar-refractivity contribution in [3.8, 4) is 0 Å². The maximum atomic E-state index is 12.5. The van der Waals surface area contributed by atoms with Gasteiger partial charge in [-0.15, -0.1) is 11.3 Å². The average Bonchev–Trinajstić information content (AvgIpc) is 3.13. The lowest BCUT2D eigenvalue weighted by Gasteiger charge is -2.36. The van der Waals surface area contributed by atoms with Gasteiger partial charge in [-0.05, 0) is 30.4 Å². The first-order chi connectivity index (χ1) is 11.2. The van der Waals surface area contributed by atoms with E-state index in [1.807, 2.05) is 33.4 Å². The van der Waals surface area contributed by atoms with Crippen molar-refractivity contribution < 1.29 is 14.3 Å². The number of piperazine rings is 1. The van der Waals surface area contributed by atoms with Gasteiger partial charge in [0.25, 0.3) is 0 Å². The molecule has 2 aliphatic rings. The first kappa shape index (κ1) is 16.2. The third kappa shape index (κ3) is 4.20. The lowest BCUT2D eigenvalue weighted by Crippen LogP contribution is -2.52. The largest absolute Gasteiger partial charge is 0.381 e. The summed E-state index contributed by atoms with van der Waals surface area (Å²) in [5.74, 6) is 0.357. The van der Waals surface area contributed by atoms with Gasteiger partial charge >= 0.3 is 0 Å². The number of hydrogen-bond acceptors (Lipinski definition) is 4. The van der Waals surface area contributed by atoms with Crippen LogP contribution in [0.4, 0.5) is 0 Å². The highest BCUT2D eigenvalue weighted by molar-refractivity contribution is 7.10. The Hall–Kier alpha value is -1.66. The van der Waals surface area contributed by atoms with Gasteiger partial charge in [-0.2, -0.15) is 0 Å². The van der Waals surface area contributed by atoms with Crippen LogP contribution in [0.25, 0.3) is 6.08 Å². The molecule has 1 aromatic heterocycles. The minimum atomic E-state index is 0.0246. The fourth-order valence-corrected chi connectivity index (χ4v) is 3.61. The third-order valence-electron chi connectivity index (χ3n) is 4.41. The summed E-state index contributed by atoms with van der Waals surface area (Å²) in [7, 11) is 0. The summed E-state index contributed by atoms with van der Waals surface area (Å²) in [5.41, 5.74) is 0. The van der Waals surface area contributed by atoms with Crippen LogP contribution in [0.3, 0.4) is 0 Å². The molecule has 2 saturated heterocycles. The van der Waals surface area contributed by atoms with Crippen molar-refractivity contribution in [2.45, 2.75) is 12.8 Å². The van der Waals surface area contributed by atoms with Crippen molar-refractivity contribution >= 4 is 29.2 Å². The summed E-state index contributed by atoms with van der Waals surface area (Å²) in [6.45, 7) is 3.86. The molecule has 3 heterocycles. The fraction of sp³-hybridized carbons (Fsp3) is 0.529. The van der Waals surface area contributed by atoms with Crippen molar-refractivity contribution in [3.63, 3.8) is 0 Å². The molecule has 0 aliphatic carbocycles. The van der Waals surface area contributed by atoms with Crippen LogP contribution >= 0.6 is 11.3 Å². The molecule has 0 unspecified atom stereocenters. The fourth-order valence-electron chi connectivity index (χ4n) is 2.99. The van der Waals surface area contributed by atoms with Crippen LogP contribution in [0.15, 0.2) is 23.6 Å². The van der Waals surface area contributed by atoms with Gasteiger partial charge in [0.15, 0.2) is 0 Å². The van der Waals surface area contributed by atoms with Crippen LogP contribution < -0.4 is 0 Å². The van der Waals surface area contributed by atoms with Gasteiger partial charge in [0.05, 0.1) is 0 Å². The quantitative estimate of drug-likeness (QED) is 0.793. The van der Waals surface area contributed by atoms with Crippen molar-refractivity contribution in [1.82, 2.24) is 9.80 Å². The zero-order chi connectivity index (χ0) is 16.1. The normalized spacial score (nSPS) is 20.2. The molecule has 3 rings (SSSR count). The molecule has 0 spiro atoms. The minimum absolute atomic E-state index is 0.0246. The van der Waals surface area contributed by atoms with Crippen molar-refractivity contribution in [3.05, 3.63) is 28.5 Å². The Morgan fingerprint density at radius 2 is 1.83 bits per heavy atom. The van der Waals surface area contributed by atoms with E-state index in [4.69, 9.17) is 4.74 Å². The van der Waals surface area contributed by atoms with E-state index in [1.54, 1.807) is 17.4 Å². The van der Waals surface area contributed by atoms with Gasteiger partial charge < -0.3 is 14.5 Å². The number of nitrogens with zero attached hydrogens (tertiary/aromatic N) is 2. The second-order valence-corrected chi connectivity index (χ2v) is 6.87. The standard InChI is InChI=1S/C17H22N2O3S/c20-16(4-3-15-2-1-13-23-15)18-7-9-19(10-8-18)17(21)14-5-11-22-12-6-14/h1-4,13-14H,5-12H2. The second-order valence-electron chi connectivity index (χ2n) is 5.89. The monoisotopic (exact) mass is 334 g/mol. The molecule has 23 heavy (non-hydrogen) atoms. The number of rotatable bonds is 3. The molecule has 0 aromatic carbocycles. The second kappa shape index (κ2) is 7.75. The summed E-state index contributed by atoms with van der Waals surface area (Å²) < 4.78 is 5.31. The summed E-state index contributed by atoms with van der Waals surface area (Å²) in [5, 5.41) is 1.99. The van der Waals surface area contributed by atoms with Crippen LogP contribution in [0.5, 0.6) is 0 Å². The van der Waals surface area contributed by atoms with Gasteiger partial charge in [0.2, 0.25) is 11.8 Å². The Kier molecular flexibility index (Phi) is 5.46. The number of hydrogen-bond donors (Lipinski definition) is 0. The highest BCUT2D eigenvalue weighted by Crippen LogP contribution is 2.19. The van der Waals surface area contributed by atoms with E-state index in [1.165, 1.54) is 0 Å². The molecule has 5 nitrogen and oxygen atoms in total. The lowest BCUT2D eigenvalue weighted by atomic mass is 9.98. The van der Waals surface area contributed by atoms with E-state index >= 15 is 0 Å². The van der Waals surface area contributed by atoms with Crippen LogP contribution in [0, 0.1) is 5.92 Å². The van der Waals surface area contributed by atoms with Crippen LogP contribution in [0.2, 0.25) is 0 Å². The molecule has 2 fully saturated rings. The van der Waals surface area contributed by atoms with Crippen LogP contribution in [-0.4, -0.2) is 61.0 Å². The highest BCUT2D eigenvalue weighted by Gasteiger charge is 2.29. The Labute approximate surface area is 140 Å². The zero-order valence-corrected chi connectivity index (χ0v) is 14.0. The summed E-state index contributed by atoms with van der Waals surface area (Å²) in [6.07, 6.45) is 5.12. The van der Waals surface area contributed by atoms with Gasteiger partial charge in [-0.25, -0.2) is 0 Å². The molecular formula is C17H22N2O3S. The number of ether oxygens (including phenoxy) is 1. The first-order valence-corrected chi connectivity index (χ1v) is 8.99. The lowest BCUT2D eigenvalue weighted by molar-refractivity contribution is -0.142. The molecule has 0 bridgehead atoms. The average molecular weight is 334 g/mol. The zero-order valence-electron chi connectivity index (χ0n) is 13.1. The van der Waals surface area contributed by atoms with Crippen LogP contribution in [0.1, 0.15) is 17.7 Å². The molecule has 0 atom stereocenters. The predicted molar refractivity (Wildman–Crippen MR) is 90.1 cm³/mol. The van der Waals surface area contributed by atoms with E-state index < -0.39 is 0 Å². The van der Waals surface area contributed by atoms with Gasteiger partial charge in [0, 0.05) is 56.3 Å². The van der Waals surface area contributed by atoms with E-state index in [2.05, 4.69) is 0 Å². The summed E-state index contributed by atoms with van der Waals surface area (Å²) in [4.78, 5) is 29.5. The smallest absolute Gasteiger partial charge is 0.246 e. The van der Waals surface area contributed by atoms with E-state index in [0.29, 0.717) is 39.4 Å². The van der Waals surface area contributed by atoms with E-state index in [-0.39, 0.29) is 17.7 Å². The number of amides is 2. The molecule has 2 amide bonds. The molecule has 124 valence electrons. The topological polar surface area (TPSA) is 49.9 Å². The molecule has 6 heteroatoms. The molecule has 2 aliphatic heterocycles. The number of carbonyl (C=O) groups is 2. The molecule has 0 N–H and O–H groups in total. The molecule has 0 radical (unpaired) electrons. The predicted octanol–water partition coefficient (Wildman–Crippen LogP) is 1.86. The van der Waals surface area contributed by atoms with Crippen molar-refractivity contribution in [2.75, 3.05) is 39.4 Å². The minimum Gasteiger partial charge on any atom is -0.381 e. The molecule has 1 aromatic rings. The van der Waals surface area contributed by atoms with Crippen molar-refractivity contribution in [1.29, 1.82) is 0 Å². The SMILES string of the molecule is O=C(C=Cc1cccs1)N1CCN(C(=O)C2CCOCC2)CC1. The first-order valence-electron chi connectivity index (χ1n) is 8.11.